The van der Waals surface area contributed by atoms with E-state index in [2.05, 4.69) is 19.1 Å². The van der Waals surface area contributed by atoms with Gasteiger partial charge in [-0.3, -0.25) is 0 Å². The first-order valence-electron chi connectivity index (χ1n) is 12.6. The summed E-state index contributed by atoms with van der Waals surface area (Å²) >= 11 is 0. The normalized spacial score (nSPS) is 24.7. The molecule has 0 saturated carbocycles. The Balaban J connectivity index is 1.82. The molecule has 3 N–H and O–H groups in total. The Hall–Kier alpha value is -0.460. The minimum absolute atomic E-state index is 0.220. The molecular formula is C25H48O5. The van der Waals surface area contributed by atoms with Gasteiger partial charge in [-0.15, -0.1) is 0 Å². The number of hydrogen-bond donors (Lipinski definition) is 3. The fraction of sp³-hybridized carbons (Fsp3) is 0.920. The van der Waals surface area contributed by atoms with Crippen molar-refractivity contribution in [2.45, 2.75) is 128 Å². The van der Waals surface area contributed by atoms with Gasteiger partial charge < -0.3 is 24.8 Å². The van der Waals surface area contributed by atoms with E-state index in [1.165, 1.54) is 83.5 Å². The van der Waals surface area contributed by atoms with E-state index < -0.39 is 24.4 Å². The zero-order valence-electron chi connectivity index (χ0n) is 19.4. The van der Waals surface area contributed by atoms with Gasteiger partial charge in [0.1, 0.15) is 24.4 Å². The van der Waals surface area contributed by atoms with E-state index in [1.54, 1.807) is 0 Å². The van der Waals surface area contributed by atoms with Crippen molar-refractivity contribution in [2.24, 2.45) is 0 Å². The van der Waals surface area contributed by atoms with E-state index in [-0.39, 0.29) is 13.2 Å². The van der Waals surface area contributed by atoms with Crippen LogP contribution in [-0.2, 0) is 9.47 Å². The van der Waals surface area contributed by atoms with Crippen molar-refractivity contribution in [3.63, 3.8) is 0 Å². The minimum Gasteiger partial charge on any atom is -0.394 e. The van der Waals surface area contributed by atoms with Crippen molar-refractivity contribution >= 4 is 0 Å². The highest BCUT2D eigenvalue weighted by Crippen LogP contribution is 2.18. The lowest BCUT2D eigenvalue weighted by Crippen LogP contribution is -2.55. The monoisotopic (exact) mass is 428 g/mol. The summed E-state index contributed by atoms with van der Waals surface area (Å²) in [5.74, 6) is 0. The zero-order chi connectivity index (χ0) is 21.9. The summed E-state index contributed by atoms with van der Waals surface area (Å²) in [6, 6.07) is 0. The van der Waals surface area contributed by atoms with E-state index in [4.69, 9.17) is 14.6 Å². The molecule has 0 radical (unpaired) electrons. The zero-order valence-corrected chi connectivity index (χ0v) is 19.4. The standard InChI is InChI=1S/C25H48O5/c1-2-3-4-5-6-7-8-9-10-11-12-13-14-15-16-17-18-19-29-23-21-30-22(20-26)24(27)25(23)28/h8-9,22-28H,2-7,10-21H2,1H3/b9-8+/t22-,23+,24-,25-/m0/s1. The van der Waals surface area contributed by atoms with Crippen molar-refractivity contribution in [1.29, 1.82) is 0 Å². The number of ether oxygens (including phenoxy) is 2. The van der Waals surface area contributed by atoms with Crippen LogP contribution < -0.4 is 0 Å². The molecule has 0 amide bonds. The van der Waals surface area contributed by atoms with Gasteiger partial charge in [-0.25, -0.2) is 0 Å². The highest BCUT2D eigenvalue weighted by molar-refractivity contribution is 4.87. The van der Waals surface area contributed by atoms with E-state index in [0.717, 1.165) is 12.8 Å². The molecule has 0 bridgehead atoms. The predicted octanol–water partition coefficient (Wildman–Crippen LogP) is 4.91. The van der Waals surface area contributed by atoms with Gasteiger partial charge in [-0.1, -0.05) is 83.3 Å². The molecule has 0 aromatic rings. The highest BCUT2D eigenvalue weighted by atomic mass is 16.6. The molecule has 30 heavy (non-hydrogen) atoms. The van der Waals surface area contributed by atoms with Crippen molar-refractivity contribution < 1.29 is 24.8 Å². The summed E-state index contributed by atoms with van der Waals surface area (Å²) in [6.07, 6.45) is 20.7. The Kier molecular flexibility index (Phi) is 17.7. The number of aliphatic hydroxyl groups excluding tert-OH is 3. The molecule has 0 aromatic carbocycles. The van der Waals surface area contributed by atoms with Gasteiger partial charge in [-0.2, -0.15) is 0 Å². The number of rotatable bonds is 19. The van der Waals surface area contributed by atoms with Crippen LogP contribution in [0.4, 0.5) is 0 Å². The third kappa shape index (κ3) is 13.1. The third-order valence-electron chi connectivity index (χ3n) is 6.00. The van der Waals surface area contributed by atoms with E-state index in [1.807, 2.05) is 0 Å². The largest absolute Gasteiger partial charge is 0.394 e. The van der Waals surface area contributed by atoms with Crippen LogP contribution in [0.3, 0.4) is 0 Å². The average molecular weight is 429 g/mol. The van der Waals surface area contributed by atoms with Gasteiger partial charge in [0.25, 0.3) is 0 Å². The predicted molar refractivity (Wildman–Crippen MR) is 123 cm³/mol. The van der Waals surface area contributed by atoms with Crippen molar-refractivity contribution in [2.75, 3.05) is 19.8 Å². The third-order valence-corrected chi connectivity index (χ3v) is 6.00. The molecule has 1 aliphatic heterocycles. The summed E-state index contributed by atoms with van der Waals surface area (Å²) in [7, 11) is 0. The van der Waals surface area contributed by atoms with E-state index in [9.17, 15) is 10.2 Å². The van der Waals surface area contributed by atoms with Crippen LogP contribution in [0.25, 0.3) is 0 Å². The Labute approximate surface area is 184 Å². The van der Waals surface area contributed by atoms with Gasteiger partial charge in [0.2, 0.25) is 0 Å². The van der Waals surface area contributed by atoms with Crippen molar-refractivity contribution in [3.8, 4) is 0 Å². The minimum atomic E-state index is -1.08. The second kappa shape index (κ2) is 19.2. The Bertz CT molecular complexity index is 401. The molecule has 5 heteroatoms. The van der Waals surface area contributed by atoms with Crippen LogP contribution in [0.5, 0.6) is 0 Å². The molecule has 0 aromatic heterocycles. The number of unbranched alkanes of at least 4 members (excludes halogenated alkanes) is 13. The molecule has 1 heterocycles. The second-order valence-corrected chi connectivity index (χ2v) is 8.74. The first-order chi connectivity index (χ1) is 14.7. The molecule has 1 fully saturated rings. The fourth-order valence-corrected chi connectivity index (χ4v) is 3.92. The van der Waals surface area contributed by atoms with Gasteiger partial charge >= 0.3 is 0 Å². The summed E-state index contributed by atoms with van der Waals surface area (Å²) in [4.78, 5) is 0. The van der Waals surface area contributed by atoms with Crippen LogP contribution in [-0.4, -0.2) is 59.6 Å². The van der Waals surface area contributed by atoms with Crippen LogP contribution in [0.1, 0.15) is 103 Å². The molecule has 4 atom stereocenters. The summed E-state index contributed by atoms with van der Waals surface area (Å²) in [6.45, 7) is 2.77. The van der Waals surface area contributed by atoms with Crippen LogP contribution in [0, 0.1) is 0 Å². The lowest BCUT2D eigenvalue weighted by Gasteiger charge is -2.36. The van der Waals surface area contributed by atoms with Crippen LogP contribution >= 0.6 is 0 Å². The lowest BCUT2D eigenvalue weighted by molar-refractivity contribution is -0.208. The molecule has 1 aliphatic rings. The van der Waals surface area contributed by atoms with Crippen LogP contribution in [0.15, 0.2) is 12.2 Å². The first-order valence-corrected chi connectivity index (χ1v) is 12.6. The van der Waals surface area contributed by atoms with Gasteiger partial charge in [0, 0.05) is 6.61 Å². The highest BCUT2D eigenvalue weighted by Gasteiger charge is 2.38. The maximum absolute atomic E-state index is 10.0. The maximum Gasteiger partial charge on any atom is 0.111 e. The molecular weight excluding hydrogens is 380 g/mol. The van der Waals surface area contributed by atoms with E-state index in [0.29, 0.717) is 6.61 Å². The second-order valence-electron chi connectivity index (χ2n) is 8.74. The van der Waals surface area contributed by atoms with Crippen molar-refractivity contribution in [3.05, 3.63) is 12.2 Å². The topological polar surface area (TPSA) is 79.2 Å². The average Bonchev–Trinajstić information content (AvgIpc) is 2.75. The van der Waals surface area contributed by atoms with E-state index >= 15 is 0 Å². The summed E-state index contributed by atoms with van der Waals surface area (Å²) in [5.41, 5.74) is 0. The molecule has 1 rings (SSSR count). The molecule has 1 saturated heterocycles. The Morgan fingerprint density at radius 1 is 0.767 bits per heavy atom. The lowest BCUT2D eigenvalue weighted by atomic mass is 10.0. The summed E-state index contributed by atoms with van der Waals surface area (Å²) in [5, 5.41) is 28.9. The van der Waals surface area contributed by atoms with Gasteiger partial charge in [-0.05, 0) is 32.1 Å². The molecule has 0 unspecified atom stereocenters. The quantitative estimate of drug-likeness (QED) is 0.201. The van der Waals surface area contributed by atoms with Crippen LogP contribution in [0.2, 0.25) is 0 Å². The molecule has 0 aliphatic carbocycles. The Morgan fingerprint density at radius 2 is 1.30 bits per heavy atom. The smallest absolute Gasteiger partial charge is 0.111 e. The number of aliphatic hydroxyl groups is 3. The summed E-state index contributed by atoms with van der Waals surface area (Å²) < 4.78 is 11.0. The van der Waals surface area contributed by atoms with Crippen molar-refractivity contribution in [1.82, 2.24) is 0 Å². The van der Waals surface area contributed by atoms with Gasteiger partial charge in [0.15, 0.2) is 0 Å². The number of allylic oxidation sites excluding steroid dienone is 2. The molecule has 178 valence electrons. The SMILES string of the molecule is CCCCCCC/C=C/CCCCCCCCCCO[C@@H]1CO[C@@H](CO)[C@H](O)[C@H]1O. The fourth-order valence-electron chi connectivity index (χ4n) is 3.92. The molecule has 0 spiro atoms. The maximum atomic E-state index is 10.0. The Morgan fingerprint density at radius 3 is 1.87 bits per heavy atom. The number of hydrogen-bond acceptors (Lipinski definition) is 5. The first kappa shape index (κ1) is 27.6. The molecule has 5 nitrogen and oxygen atoms in total. The van der Waals surface area contributed by atoms with Gasteiger partial charge in [0.05, 0.1) is 13.2 Å².